The number of H-pyrrole nitrogens is 1. The number of aromatic nitrogens is 4. The molecule has 0 unspecified atom stereocenters. The molecule has 1 aromatic carbocycles. The Morgan fingerprint density at radius 3 is 3.00 bits per heavy atom. The van der Waals surface area contributed by atoms with Gasteiger partial charge in [0.2, 0.25) is 0 Å². The van der Waals surface area contributed by atoms with Crippen LogP contribution in [0, 0.1) is 0 Å². The van der Waals surface area contributed by atoms with Gasteiger partial charge in [-0.25, -0.2) is 15.0 Å². The molecular weight excluding hydrogens is 226 g/mol. The Balaban J connectivity index is 1.76. The van der Waals surface area contributed by atoms with Crippen molar-refractivity contribution in [2.45, 2.75) is 12.8 Å². The summed E-state index contributed by atoms with van der Waals surface area (Å²) < 4.78 is 0. The van der Waals surface area contributed by atoms with Crippen molar-refractivity contribution in [3.05, 3.63) is 48.2 Å². The number of aromatic amines is 1. The van der Waals surface area contributed by atoms with Gasteiger partial charge in [0.1, 0.15) is 17.7 Å². The first-order chi connectivity index (χ1) is 8.81. The molecule has 0 aliphatic carbocycles. The van der Waals surface area contributed by atoms with Crippen molar-refractivity contribution in [1.29, 1.82) is 0 Å². The van der Waals surface area contributed by atoms with Crippen LogP contribution in [0.4, 0.5) is 5.69 Å². The zero-order chi connectivity index (χ0) is 12.4. The fourth-order valence-corrected chi connectivity index (χ4v) is 1.94. The third kappa shape index (κ3) is 2.15. The van der Waals surface area contributed by atoms with Crippen LogP contribution >= 0.6 is 0 Å². The molecule has 3 aromatic rings. The number of nitrogen functional groups attached to an aromatic ring is 1. The van der Waals surface area contributed by atoms with E-state index in [1.165, 1.54) is 11.9 Å². The molecule has 0 atom stereocenters. The highest BCUT2D eigenvalue weighted by atomic mass is 15.0. The van der Waals surface area contributed by atoms with E-state index in [0.29, 0.717) is 5.65 Å². The van der Waals surface area contributed by atoms with Gasteiger partial charge in [0.25, 0.3) is 0 Å². The highest BCUT2D eigenvalue weighted by Gasteiger charge is 2.03. The summed E-state index contributed by atoms with van der Waals surface area (Å²) in [6, 6.07) is 7.91. The van der Waals surface area contributed by atoms with Gasteiger partial charge < -0.3 is 10.7 Å². The maximum atomic E-state index is 5.75. The van der Waals surface area contributed by atoms with Gasteiger partial charge in [-0.05, 0) is 24.1 Å². The molecule has 0 fully saturated rings. The Kier molecular flexibility index (Phi) is 2.64. The van der Waals surface area contributed by atoms with Crippen molar-refractivity contribution >= 4 is 16.9 Å². The van der Waals surface area contributed by atoms with E-state index in [2.05, 4.69) is 26.0 Å². The average Bonchev–Trinajstić information content (AvgIpc) is 2.79. The van der Waals surface area contributed by atoms with Crippen molar-refractivity contribution in [2.75, 3.05) is 5.73 Å². The summed E-state index contributed by atoms with van der Waals surface area (Å²) >= 11 is 0. The van der Waals surface area contributed by atoms with Crippen molar-refractivity contribution in [3.63, 3.8) is 0 Å². The van der Waals surface area contributed by atoms with E-state index in [0.717, 1.165) is 29.9 Å². The molecule has 0 aliphatic heterocycles. The van der Waals surface area contributed by atoms with Gasteiger partial charge in [-0.3, -0.25) is 0 Å². The van der Waals surface area contributed by atoms with Crippen LogP contribution in [-0.4, -0.2) is 19.9 Å². The largest absolute Gasteiger partial charge is 0.399 e. The van der Waals surface area contributed by atoms with Gasteiger partial charge in [0.05, 0.1) is 6.20 Å². The number of imidazole rings is 1. The highest BCUT2D eigenvalue weighted by molar-refractivity contribution is 5.68. The van der Waals surface area contributed by atoms with Crippen LogP contribution in [0.3, 0.4) is 0 Å². The Labute approximate surface area is 104 Å². The molecule has 90 valence electrons. The first-order valence-electron chi connectivity index (χ1n) is 5.80. The van der Waals surface area contributed by atoms with Gasteiger partial charge in [-0.2, -0.15) is 0 Å². The van der Waals surface area contributed by atoms with E-state index in [9.17, 15) is 0 Å². The second-order valence-electron chi connectivity index (χ2n) is 4.19. The van der Waals surface area contributed by atoms with E-state index in [-0.39, 0.29) is 0 Å². The standard InChI is InChI=1S/C13H13N5/c14-10-3-1-2-9(6-10)4-5-12-17-11-7-15-8-16-13(11)18-12/h1-3,6-8H,4-5,14H2,(H,15,16,17,18). The Hall–Kier alpha value is -2.43. The normalized spacial score (nSPS) is 10.9. The molecule has 2 heterocycles. The van der Waals surface area contributed by atoms with Gasteiger partial charge in [-0.1, -0.05) is 12.1 Å². The second kappa shape index (κ2) is 4.44. The third-order valence-electron chi connectivity index (χ3n) is 2.81. The molecule has 0 saturated carbocycles. The number of hydrogen-bond donors (Lipinski definition) is 2. The number of nitrogens with zero attached hydrogens (tertiary/aromatic N) is 3. The van der Waals surface area contributed by atoms with Gasteiger partial charge in [-0.15, -0.1) is 0 Å². The van der Waals surface area contributed by atoms with E-state index in [4.69, 9.17) is 5.73 Å². The predicted octanol–water partition coefficient (Wildman–Crippen LogP) is 1.72. The van der Waals surface area contributed by atoms with E-state index in [1.807, 2.05) is 18.2 Å². The van der Waals surface area contributed by atoms with Gasteiger partial charge in [0.15, 0.2) is 5.65 Å². The number of nitrogens with two attached hydrogens (primary N) is 1. The first kappa shape index (κ1) is 10.7. The van der Waals surface area contributed by atoms with Crippen LogP contribution in [0.1, 0.15) is 11.4 Å². The maximum absolute atomic E-state index is 5.75. The Morgan fingerprint density at radius 1 is 1.22 bits per heavy atom. The molecule has 2 aromatic heterocycles. The van der Waals surface area contributed by atoms with Crippen molar-refractivity contribution < 1.29 is 0 Å². The molecule has 18 heavy (non-hydrogen) atoms. The summed E-state index contributed by atoms with van der Waals surface area (Å²) in [6.07, 6.45) is 4.97. The number of fused-ring (bicyclic) bond motifs is 1. The predicted molar refractivity (Wildman–Crippen MR) is 69.9 cm³/mol. The van der Waals surface area contributed by atoms with Crippen LogP contribution in [0.5, 0.6) is 0 Å². The Morgan fingerprint density at radius 2 is 2.17 bits per heavy atom. The van der Waals surface area contributed by atoms with Crippen molar-refractivity contribution in [3.8, 4) is 0 Å². The van der Waals surface area contributed by atoms with E-state index < -0.39 is 0 Å². The molecule has 0 saturated heterocycles. The summed E-state index contributed by atoms with van der Waals surface area (Å²) in [5.74, 6) is 0.924. The highest BCUT2D eigenvalue weighted by Crippen LogP contribution is 2.11. The molecule has 3 rings (SSSR count). The first-order valence-corrected chi connectivity index (χ1v) is 5.80. The van der Waals surface area contributed by atoms with Crippen LogP contribution in [0.25, 0.3) is 11.2 Å². The topological polar surface area (TPSA) is 80.5 Å². The lowest BCUT2D eigenvalue weighted by molar-refractivity contribution is 0.889. The van der Waals surface area contributed by atoms with Crippen molar-refractivity contribution in [1.82, 2.24) is 19.9 Å². The number of benzene rings is 1. The molecule has 0 aliphatic rings. The smallest absolute Gasteiger partial charge is 0.180 e. The minimum Gasteiger partial charge on any atom is -0.399 e. The van der Waals surface area contributed by atoms with E-state index >= 15 is 0 Å². The lowest BCUT2D eigenvalue weighted by atomic mass is 10.1. The second-order valence-corrected chi connectivity index (χ2v) is 4.19. The number of hydrogen-bond acceptors (Lipinski definition) is 4. The molecule has 0 bridgehead atoms. The van der Waals surface area contributed by atoms with Gasteiger partial charge >= 0.3 is 0 Å². The summed E-state index contributed by atoms with van der Waals surface area (Å²) in [5.41, 5.74) is 9.34. The average molecular weight is 239 g/mol. The SMILES string of the molecule is Nc1cccc(CCc2nc3ncncc3[nH]2)c1. The van der Waals surface area contributed by atoms with Crippen LogP contribution in [-0.2, 0) is 12.8 Å². The number of nitrogens with one attached hydrogen (secondary N) is 1. The molecule has 0 radical (unpaired) electrons. The zero-order valence-corrected chi connectivity index (χ0v) is 9.80. The molecular formula is C13H13N5. The van der Waals surface area contributed by atoms with Crippen LogP contribution < -0.4 is 5.73 Å². The molecule has 5 nitrogen and oxygen atoms in total. The minimum absolute atomic E-state index is 0.715. The monoisotopic (exact) mass is 239 g/mol. The lowest BCUT2D eigenvalue weighted by Crippen LogP contribution is -1.94. The number of anilines is 1. The molecule has 3 N–H and O–H groups in total. The Bertz CT molecular complexity index is 641. The maximum Gasteiger partial charge on any atom is 0.180 e. The van der Waals surface area contributed by atoms with E-state index in [1.54, 1.807) is 6.20 Å². The quantitative estimate of drug-likeness (QED) is 0.682. The van der Waals surface area contributed by atoms with Gasteiger partial charge in [0, 0.05) is 12.1 Å². The van der Waals surface area contributed by atoms with Crippen molar-refractivity contribution in [2.24, 2.45) is 0 Å². The fraction of sp³-hybridized carbons (Fsp3) is 0.154. The number of rotatable bonds is 3. The molecule has 0 amide bonds. The summed E-state index contributed by atoms with van der Waals surface area (Å²) in [4.78, 5) is 15.7. The summed E-state index contributed by atoms with van der Waals surface area (Å²) in [7, 11) is 0. The fourth-order valence-electron chi connectivity index (χ4n) is 1.94. The third-order valence-corrected chi connectivity index (χ3v) is 2.81. The molecule has 5 heteroatoms. The minimum atomic E-state index is 0.715. The lowest BCUT2D eigenvalue weighted by Gasteiger charge is -2.00. The van der Waals surface area contributed by atoms with Crippen LogP contribution in [0.2, 0.25) is 0 Å². The molecule has 0 spiro atoms. The van der Waals surface area contributed by atoms with Crippen LogP contribution in [0.15, 0.2) is 36.8 Å². The summed E-state index contributed by atoms with van der Waals surface area (Å²) in [6.45, 7) is 0. The number of aryl methyl sites for hydroxylation is 2. The zero-order valence-electron chi connectivity index (χ0n) is 9.80. The summed E-state index contributed by atoms with van der Waals surface area (Å²) in [5, 5.41) is 0.